The largest absolute Gasteiger partial charge is 0.386 e. The standard InChI is InChI=1S/C14H18BrNO2/c1-10(2)14(18)8-16(9-14)13(17)7-11-4-3-5-12(15)6-11/h3-6,10,18H,7-9H2,1-2H3. The number of halogens is 1. The number of carbonyl (C=O) groups is 1. The third-order valence-electron chi connectivity index (χ3n) is 3.60. The number of hydrogen-bond donors (Lipinski definition) is 1. The third kappa shape index (κ3) is 2.75. The number of likely N-dealkylation sites (tertiary alicyclic amines) is 1. The number of hydrogen-bond acceptors (Lipinski definition) is 2. The van der Waals surface area contributed by atoms with Crippen molar-refractivity contribution in [2.75, 3.05) is 13.1 Å². The first-order valence-corrected chi connectivity index (χ1v) is 6.94. The van der Waals surface area contributed by atoms with Crippen LogP contribution in [-0.2, 0) is 11.2 Å². The number of carbonyl (C=O) groups excluding carboxylic acids is 1. The van der Waals surface area contributed by atoms with Crippen LogP contribution < -0.4 is 0 Å². The van der Waals surface area contributed by atoms with Crippen LogP contribution in [0.1, 0.15) is 19.4 Å². The van der Waals surface area contributed by atoms with E-state index >= 15 is 0 Å². The van der Waals surface area contributed by atoms with Crippen LogP contribution in [0.15, 0.2) is 28.7 Å². The normalized spacial score (nSPS) is 17.7. The van der Waals surface area contributed by atoms with Gasteiger partial charge in [-0.15, -0.1) is 0 Å². The topological polar surface area (TPSA) is 40.5 Å². The Morgan fingerprint density at radius 1 is 1.50 bits per heavy atom. The van der Waals surface area contributed by atoms with Gasteiger partial charge in [0.05, 0.1) is 19.5 Å². The number of benzene rings is 1. The Kier molecular flexibility index (Phi) is 3.78. The van der Waals surface area contributed by atoms with Gasteiger partial charge in [-0.2, -0.15) is 0 Å². The van der Waals surface area contributed by atoms with E-state index in [0.29, 0.717) is 19.5 Å². The van der Waals surface area contributed by atoms with Gasteiger partial charge in [0.2, 0.25) is 5.91 Å². The van der Waals surface area contributed by atoms with Crippen molar-refractivity contribution >= 4 is 21.8 Å². The van der Waals surface area contributed by atoms with E-state index in [2.05, 4.69) is 15.9 Å². The fourth-order valence-corrected chi connectivity index (χ4v) is 2.54. The van der Waals surface area contributed by atoms with Gasteiger partial charge in [0.25, 0.3) is 0 Å². The smallest absolute Gasteiger partial charge is 0.227 e. The maximum atomic E-state index is 12.0. The second kappa shape index (κ2) is 5.02. The zero-order valence-electron chi connectivity index (χ0n) is 10.7. The molecule has 0 bridgehead atoms. The summed E-state index contributed by atoms with van der Waals surface area (Å²) < 4.78 is 0.982. The van der Waals surface area contributed by atoms with Crippen molar-refractivity contribution in [3.05, 3.63) is 34.3 Å². The molecule has 1 aliphatic rings. The first kappa shape index (κ1) is 13.6. The van der Waals surface area contributed by atoms with Gasteiger partial charge >= 0.3 is 0 Å². The zero-order chi connectivity index (χ0) is 13.3. The van der Waals surface area contributed by atoms with Gasteiger partial charge < -0.3 is 10.0 Å². The van der Waals surface area contributed by atoms with Gasteiger partial charge in [-0.1, -0.05) is 41.9 Å². The van der Waals surface area contributed by atoms with Gasteiger partial charge in [-0.05, 0) is 23.6 Å². The molecular formula is C14H18BrNO2. The fraction of sp³-hybridized carbons (Fsp3) is 0.500. The molecule has 0 unspecified atom stereocenters. The highest BCUT2D eigenvalue weighted by Gasteiger charge is 2.45. The molecule has 1 heterocycles. The molecular weight excluding hydrogens is 294 g/mol. The van der Waals surface area contributed by atoms with Crippen LogP contribution in [0.5, 0.6) is 0 Å². The lowest BCUT2D eigenvalue weighted by Gasteiger charge is -2.49. The predicted molar refractivity (Wildman–Crippen MR) is 74.2 cm³/mol. The van der Waals surface area contributed by atoms with E-state index in [1.54, 1.807) is 4.90 Å². The Hall–Kier alpha value is -0.870. The lowest BCUT2D eigenvalue weighted by atomic mass is 9.83. The number of amides is 1. The molecule has 0 aliphatic carbocycles. The van der Waals surface area contributed by atoms with Crippen LogP contribution in [0.3, 0.4) is 0 Å². The molecule has 1 aliphatic heterocycles. The quantitative estimate of drug-likeness (QED) is 0.930. The summed E-state index contributed by atoms with van der Waals surface area (Å²) in [7, 11) is 0. The van der Waals surface area contributed by atoms with E-state index < -0.39 is 5.60 Å². The summed E-state index contributed by atoms with van der Waals surface area (Å²) in [5.74, 6) is 0.269. The molecule has 3 nitrogen and oxygen atoms in total. The van der Waals surface area contributed by atoms with E-state index in [1.807, 2.05) is 38.1 Å². The molecule has 1 aromatic rings. The SMILES string of the molecule is CC(C)C1(O)CN(C(=O)Cc2cccc(Br)c2)C1. The molecule has 2 rings (SSSR count). The average molecular weight is 312 g/mol. The van der Waals surface area contributed by atoms with Gasteiger partial charge in [0.1, 0.15) is 5.60 Å². The molecule has 1 fully saturated rings. The van der Waals surface area contributed by atoms with Gasteiger partial charge in [0.15, 0.2) is 0 Å². The molecule has 0 spiro atoms. The van der Waals surface area contributed by atoms with Gasteiger partial charge in [-0.25, -0.2) is 0 Å². The molecule has 1 saturated heterocycles. The van der Waals surface area contributed by atoms with E-state index in [0.717, 1.165) is 10.0 Å². The Morgan fingerprint density at radius 2 is 2.17 bits per heavy atom. The monoisotopic (exact) mass is 311 g/mol. The van der Waals surface area contributed by atoms with E-state index in [-0.39, 0.29) is 11.8 Å². The van der Waals surface area contributed by atoms with Crippen molar-refractivity contribution in [3.63, 3.8) is 0 Å². The molecule has 1 N–H and O–H groups in total. The maximum absolute atomic E-state index is 12.0. The summed E-state index contributed by atoms with van der Waals surface area (Å²) in [6.45, 7) is 4.88. The average Bonchev–Trinajstić information content (AvgIpc) is 2.24. The molecule has 1 aromatic carbocycles. The second-order valence-electron chi connectivity index (χ2n) is 5.31. The van der Waals surface area contributed by atoms with Crippen LogP contribution in [-0.4, -0.2) is 34.6 Å². The summed E-state index contributed by atoms with van der Waals surface area (Å²) in [5, 5.41) is 10.1. The van der Waals surface area contributed by atoms with Crippen molar-refractivity contribution in [1.29, 1.82) is 0 Å². The highest BCUT2D eigenvalue weighted by Crippen LogP contribution is 2.29. The molecule has 0 aromatic heterocycles. The zero-order valence-corrected chi connectivity index (χ0v) is 12.3. The number of β-amino-alcohol motifs (C(OH)–C–C–N with tert-alkyl or cyclic N) is 1. The Labute approximate surface area is 116 Å². The Bertz CT molecular complexity index is 453. The summed E-state index contributed by atoms with van der Waals surface area (Å²) >= 11 is 3.39. The lowest BCUT2D eigenvalue weighted by molar-refractivity contribution is -0.163. The van der Waals surface area contributed by atoms with E-state index in [4.69, 9.17) is 0 Å². The van der Waals surface area contributed by atoms with Crippen LogP contribution in [0.4, 0.5) is 0 Å². The molecule has 1 amide bonds. The summed E-state index contributed by atoms with van der Waals surface area (Å²) in [6.07, 6.45) is 0.396. The fourth-order valence-electron chi connectivity index (χ4n) is 2.09. The molecule has 98 valence electrons. The molecule has 18 heavy (non-hydrogen) atoms. The van der Waals surface area contributed by atoms with E-state index in [9.17, 15) is 9.90 Å². The number of rotatable bonds is 3. The van der Waals surface area contributed by atoms with Crippen molar-refractivity contribution in [2.24, 2.45) is 5.92 Å². The molecule has 0 radical (unpaired) electrons. The molecule has 0 saturated carbocycles. The highest BCUT2D eigenvalue weighted by atomic mass is 79.9. The van der Waals surface area contributed by atoms with Crippen LogP contribution >= 0.6 is 15.9 Å². The Morgan fingerprint density at radius 3 is 2.72 bits per heavy atom. The van der Waals surface area contributed by atoms with Crippen molar-refractivity contribution < 1.29 is 9.90 Å². The minimum absolute atomic E-state index is 0.0819. The number of nitrogens with zero attached hydrogens (tertiary/aromatic N) is 1. The molecule has 0 atom stereocenters. The van der Waals surface area contributed by atoms with Crippen LogP contribution in [0.2, 0.25) is 0 Å². The van der Waals surface area contributed by atoms with Crippen molar-refractivity contribution in [1.82, 2.24) is 4.90 Å². The number of aliphatic hydroxyl groups is 1. The van der Waals surface area contributed by atoms with Crippen LogP contribution in [0, 0.1) is 5.92 Å². The minimum Gasteiger partial charge on any atom is -0.386 e. The minimum atomic E-state index is -0.688. The van der Waals surface area contributed by atoms with Crippen LogP contribution in [0.25, 0.3) is 0 Å². The maximum Gasteiger partial charge on any atom is 0.227 e. The van der Waals surface area contributed by atoms with Gasteiger partial charge in [0, 0.05) is 4.47 Å². The van der Waals surface area contributed by atoms with Crippen molar-refractivity contribution in [3.8, 4) is 0 Å². The third-order valence-corrected chi connectivity index (χ3v) is 4.09. The van der Waals surface area contributed by atoms with Crippen molar-refractivity contribution in [2.45, 2.75) is 25.9 Å². The first-order chi connectivity index (χ1) is 8.40. The second-order valence-corrected chi connectivity index (χ2v) is 6.23. The van der Waals surface area contributed by atoms with Gasteiger partial charge in [-0.3, -0.25) is 4.79 Å². The highest BCUT2D eigenvalue weighted by molar-refractivity contribution is 9.10. The summed E-state index contributed by atoms with van der Waals surface area (Å²) in [6, 6.07) is 7.76. The predicted octanol–water partition coefficient (Wildman–Crippen LogP) is 2.22. The summed E-state index contributed by atoms with van der Waals surface area (Å²) in [4.78, 5) is 13.7. The van der Waals surface area contributed by atoms with E-state index in [1.165, 1.54) is 0 Å². The molecule has 4 heteroatoms. The lowest BCUT2D eigenvalue weighted by Crippen LogP contribution is -2.66. The first-order valence-electron chi connectivity index (χ1n) is 6.15. The summed E-state index contributed by atoms with van der Waals surface area (Å²) in [5.41, 5.74) is 0.307. The Balaban J connectivity index is 1.92.